The number of aliphatic hydroxyl groups excluding tert-OH is 2. The van der Waals surface area contributed by atoms with Crippen molar-refractivity contribution in [3.05, 3.63) is 92.8 Å². The summed E-state index contributed by atoms with van der Waals surface area (Å²) in [5.41, 5.74) is 3.46. The number of alkyl carbamates (subject to hydrolysis) is 1. The van der Waals surface area contributed by atoms with E-state index in [-0.39, 0.29) is 25.6 Å². The molecule has 2 aromatic carbocycles. The number of nitrogens with zero attached hydrogens (tertiary/aromatic N) is 1. The molecule has 0 bridgehead atoms. The number of carbonyl (C=O) groups excluding carboxylic acids is 1. The second-order valence-electron chi connectivity index (χ2n) is 8.71. The van der Waals surface area contributed by atoms with Crippen LogP contribution in [0.3, 0.4) is 0 Å². The molecule has 2 heterocycles. The van der Waals surface area contributed by atoms with Crippen LogP contribution in [-0.4, -0.2) is 68.9 Å². The van der Waals surface area contributed by atoms with Gasteiger partial charge in [0.15, 0.2) is 0 Å². The molecule has 38 heavy (non-hydrogen) atoms. The predicted octanol–water partition coefficient (Wildman–Crippen LogP) is 0.787. The van der Waals surface area contributed by atoms with Crippen LogP contribution in [0.5, 0.6) is 0 Å². The molecule has 1 aromatic heterocycles. The fraction of sp³-hybridized carbons (Fsp3) is 0.308. The van der Waals surface area contributed by atoms with Crippen LogP contribution in [0.15, 0.2) is 70.4 Å². The van der Waals surface area contributed by atoms with Gasteiger partial charge in [0.2, 0.25) is 0 Å². The van der Waals surface area contributed by atoms with E-state index in [9.17, 15) is 24.3 Å². The second-order valence-corrected chi connectivity index (χ2v) is 8.71. The summed E-state index contributed by atoms with van der Waals surface area (Å²) in [6.45, 7) is -0.577. The molecule has 0 unspecified atom stereocenters. The number of carboxylic acid groups (broad SMARTS) is 1. The highest BCUT2D eigenvalue weighted by molar-refractivity contribution is 5.79. The monoisotopic (exact) mass is 525 g/mol. The Morgan fingerprint density at radius 3 is 2.24 bits per heavy atom. The summed E-state index contributed by atoms with van der Waals surface area (Å²) in [4.78, 5) is 46.3. The summed E-state index contributed by atoms with van der Waals surface area (Å²) >= 11 is 0. The third-order valence-electron chi connectivity index (χ3n) is 6.27. The predicted molar refractivity (Wildman–Crippen MR) is 134 cm³/mol. The smallest absolute Gasteiger partial charge is 0.407 e. The molecule has 1 amide bonds. The number of aliphatic hydroxyl groups is 2. The second kappa shape index (κ2) is 11.9. The number of nitrogens with one attached hydrogen (secondary N) is 2. The largest absolute Gasteiger partial charge is 0.480 e. The van der Waals surface area contributed by atoms with Crippen molar-refractivity contribution >= 4 is 12.1 Å². The number of H-pyrrole nitrogens is 1. The van der Waals surface area contributed by atoms with Crippen LogP contribution in [-0.2, 0) is 14.3 Å². The molecule has 3 aromatic rings. The average molecular weight is 526 g/mol. The molecule has 12 heteroatoms. The molecule has 1 fully saturated rings. The maximum Gasteiger partial charge on any atom is 0.407 e. The number of aromatic nitrogens is 2. The fourth-order valence-electron chi connectivity index (χ4n) is 4.50. The summed E-state index contributed by atoms with van der Waals surface area (Å²) in [5, 5.41) is 29.1. The summed E-state index contributed by atoms with van der Waals surface area (Å²) in [6.07, 6.45) is -1.37. The van der Waals surface area contributed by atoms with E-state index in [4.69, 9.17) is 19.7 Å². The summed E-state index contributed by atoms with van der Waals surface area (Å²) < 4.78 is 11.6. The SMILES string of the molecule is O=C(O)CNC(=O)OCC1c2ccccc2-c2ccccc21.O=c1ccn([C@H]2C[C@H](O)[C@@H](CO)O2)c(=O)[nH]1. The highest BCUT2D eigenvalue weighted by Crippen LogP contribution is 2.44. The van der Waals surface area contributed by atoms with Crippen molar-refractivity contribution in [3.8, 4) is 11.1 Å². The maximum absolute atomic E-state index is 11.5. The molecule has 2 aliphatic rings. The van der Waals surface area contributed by atoms with Gasteiger partial charge in [0.25, 0.3) is 5.56 Å². The minimum absolute atomic E-state index is 0.0250. The van der Waals surface area contributed by atoms with Crippen LogP contribution >= 0.6 is 0 Å². The lowest BCUT2D eigenvalue weighted by Gasteiger charge is -2.14. The highest BCUT2D eigenvalue weighted by atomic mass is 16.6. The highest BCUT2D eigenvalue weighted by Gasteiger charge is 2.34. The average Bonchev–Trinajstić information content (AvgIpc) is 3.44. The Morgan fingerprint density at radius 1 is 1.05 bits per heavy atom. The van der Waals surface area contributed by atoms with Crippen molar-refractivity contribution in [2.45, 2.75) is 30.8 Å². The first-order chi connectivity index (χ1) is 18.3. The van der Waals surface area contributed by atoms with Gasteiger partial charge in [-0.15, -0.1) is 0 Å². The molecular formula is C26H27N3O9. The van der Waals surface area contributed by atoms with Crippen molar-refractivity contribution in [3.63, 3.8) is 0 Å². The van der Waals surface area contributed by atoms with E-state index < -0.39 is 48.3 Å². The van der Waals surface area contributed by atoms with Crippen molar-refractivity contribution in [1.29, 1.82) is 0 Å². The van der Waals surface area contributed by atoms with Gasteiger partial charge in [0.05, 0.1) is 12.7 Å². The van der Waals surface area contributed by atoms with E-state index >= 15 is 0 Å². The van der Waals surface area contributed by atoms with Gasteiger partial charge in [0.1, 0.15) is 25.5 Å². The first kappa shape index (κ1) is 26.8. The first-order valence-corrected chi connectivity index (χ1v) is 11.8. The van der Waals surface area contributed by atoms with Gasteiger partial charge in [-0.3, -0.25) is 19.1 Å². The molecular weight excluding hydrogens is 498 g/mol. The van der Waals surface area contributed by atoms with Crippen LogP contribution in [0, 0.1) is 0 Å². The minimum Gasteiger partial charge on any atom is -0.480 e. The van der Waals surface area contributed by atoms with E-state index in [1.807, 2.05) is 36.4 Å². The Bertz CT molecular complexity index is 1370. The van der Waals surface area contributed by atoms with Crippen LogP contribution in [0.4, 0.5) is 4.79 Å². The Hall–Kier alpha value is -4.26. The standard InChI is InChI=1S/C17H15NO4.C9H12N2O5/c19-16(20)9-18-17(21)22-10-15-13-7-3-1-5-11(13)12-6-2-4-8-14(12)15;12-4-6-5(13)3-8(16-6)11-2-1-7(14)10-9(11)15/h1-8,15H,9-10H2,(H,18,21)(H,19,20);1-2,5-6,8,12-13H,3-4H2,(H,10,14,15)/t;5-,6+,8+/m.0/s1. The number of carboxylic acids is 1. The Kier molecular flexibility index (Phi) is 8.36. The number of ether oxygens (including phenoxy) is 2. The quantitative estimate of drug-likeness (QED) is 0.311. The molecule has 0 saturated carbocycles. The minimum atomic E-state index is -1.10. The van der Waals surface area contributed by atoms with E-state index in [2.05, 4.69) is 22.4 Å². The van der Waals surface area contributed by atoms with Gasteiger partial charge in [-0.05, 0) is 22.3 Å². The number of aliphatic carboxylic acids is 1. The third kappa shape index (κ3) is 5.99. The van der Waals surface area contributed by atoms with Crippen LogP contribution in [0.2, 0.25) is 0 Å². The number of fused-ring (bicyclic) bond motifs is 3. The number of aromatic amines is 1. The molecule has 3 atom stereocenters. The lowest BCUT2D eigenvalue weighted by atomic mass is 9.98. The van der Waals surface area contributed by atoms with E-state index in [0.717, 1.165) is 22.3 Å². The van der Waals surface area contributed by atoms with E-state index in [1.165, 1.54) is 16.8 Å². The first-order valence-electron chi connectivity index (χ1n) is 11.8. The number of hydrogen-bond acceptors (Lipinski definition) is 8. The van der Waals surface area contributed by atoms with Gasteiger partial charge in [-0.25, -0.2) is 9.59 Å². The molecule has 0 radical (unpaired) electrons. The number of amides is 1. The third-order valence-corrected chi connectivity index (χ3v) is 6.27. The molecule has 1 saturated heterocycles. The van der Waals surface area contributed by atoms with Crippen molar-refractivity contribution in [2.75, 3.05) is 19.8 Å². The van der Waals surface area contributed by atoms with Crippen molar-refractivity contribution in [2.24, 2.45) is 0 Å². The zero-order valence-electron chi connectivity index (χ0n) is 20.1. The summed E-state index contributed by atoms with van der Waals surface area (Å²) in [5.74, 6) is -1.13. The fourth-order valence-corrected chi connectivity index (χ4v) is 4.50. The van der Waals surface area contributed by atoms with Crippen LogP contribution in [0.1, 0.15) is 29.7 Å². The molecule has 5 rings (SSSR count). The van der Waals surface area contributed by atoms with E-state index in [0.29, 0.717) is 0 Å². The molecule has 200 valence electrons. The topological polar surface area (TPSA) is 180 Å². The van der Waals surface area contributed by atoms with Crippen molar-refractivity contribution in [1.82, 2.24) is 14.9 Å². The van der Waals surface area contributed by atoms with Gasteiger partial charge in [-0.2, -0.15) is 0 Å². The zero-order chi connectivity index (χ0) is 27.2. The molecule has 0 spiro atoms. The Balaban J connectivity index is 0.000000186. The lowest BCUT2D eigenvalue weighted by Crippen LogP contribution is -2.31. The van der Waals surface area contributed by atoms with Gasteiger partial charge >= 0.3 is 17.8 Å². The molecule has 1 aliphatic heterocycles. The summed E-state index contributed by atoms with van der Waals surface area (Å²) in [6, 6.07) is 17.2. The van der Waals surface area contributed by atoms with Crippen LogP contribution in [0.25, 0.3) is 11.1 Å². The number of hydrogen-bond donors (Lipinski definition) is 5. The van der Waals surface area contributed by atoms with Gasteiger partial charge in [0, 0.05) is 24.6 Å². The summed E-state index contributed by atoms with van der Waals surface area (Å²) in [7, 11) is 0. The molecule has 5 N–H and O–H groups in total. The van der Waals surface area contributed by atoms with Gasteiger partial charge < -0.3 is 30.1 Å². The van der Waals surface area contributed by atoms with Gasteiger partial charge in [-0.1, -0.05) is 48.5 Å². The van der Waals surface area contributed by atoms with E-state index in [1.54, 1.807) is 0 Å². The van der Waals surface area contributed by atoms with Crippen molar-refractivity contribution < 1.29 is 34.4 Å². The number of carbonyl (C=O) groups is 2. The lowest BCUT2D eigenvalue weighted by molar-refractivity contribution is -0.135. The number of rotatable bonds is 6. The van der Waals surface area contributed by atoms with Crippen LogP contribution < -0.4 is 16.6 Å². The normalized spacial score (nSPS) is 19.6. The molecule has 12 nitrogen and oxygen atoms in total. The molecule has 1 aliphatic carbocycles. The zero-order valence-corrected chi connectivity index (χ0v) is 20.1. The Morgan fingerprint density at radius 2 is 1.68 bits per heavy atom. The Labute approximate surface area is 216 Å². The maximum atomic E-state index is 11.5. The number of benzene rings is 2.